The second-order valence-corrected chi connectivity index (χ2v) is 4.81. The molecule has 5 heteroatoms. The summed E-state index contributed by atoms with van der Waals surface area (Å²) in [5.41, 5.74) is 0. The second kappa shape index (κ2) is 5.87. The zero-order chi connectivity index (χ0) is 12.2. The predicted molar refractivity (Wildman–Crippen MR) is 58.4 cm³/mol. The summed E-state index contributed by atoms with van der Waals surface area (Å²) in [5, 5.41) is 2.44. The van der Waals surface area contributed by atoms with Crippen LogP contribution in [0, 0.1) is 5.92 Å². The van der Waals surface area contributed by atoms with Crippen LogP contribution >= 0.6 is 0 Å². The van der Waals surface area contributed by atoms with Crippen molar-refractivity contribution in [3.8, 4) is 0 Å². The Bertz CT molecular complexity index is 206. The van der Waals surface area contributed by atoms with Gasteiger partial charge in [-0.25, -0.2) is 0 Å². The molecule has 0 amide bonds. The smallest absolute Gasteiger partial charge is 0.307 e. The molecule has 96 valence electrons. The molecule has 0 aromatic carbocycles. The summed E-state index contributed by atoms with van der Waals surface area (Å²) in [7, 11) is 0. The van der Waals surface area contributed by atoms with Crippen molar-refractivity contribution in [2.24, 2.45) is 5.92 Å². The van der Waals surface area contributed by atoms with Gasteiger partial charge in [0.15, 0.2) is 0 Å². The highest BCUT2D eigenvalue weighted by Crippen LogP contribution is 2.21. The van der Waals surface area contributed by atoms with E-state index in [1.165, 1.54) is 0 Å². The standard InChI is InChI=1S/C11H21F3N2/c1-9-3-5-16(10(2)7-9)6-4-15-8-11(12,13)14/h9-10,15H,3-8H2,1-2H3. The molecule has 2 atom stereocenters. The van der Waals surface area contributed by atoms with Crippen molar-refractivity contribution in [3.63, 3.8) is 0 Å². The molecule has 1 heterocycles. The molecule has 0 aromatic rings. The minimum absolute atomic E-state index is 0.415. The highest BCUT2D eigenvalue weighted by Gasteiger charge is 2.26. The Kier molecular flexibility index (Phi) is 5.05. The minimum Gasteiger partial charge on any atom is -0.307 e. The average Bonchev–Trinajstić information content (AvgIpc) is 2.13. The van der Waals surface area contributed by atoms with Crippen molar-refractivity contribution in [2.75, 3.05) is 26.2 Å². The molecule has 1 fully saturated rings. The Morgan fingerprint density at radius 1 is 1.31 bits per heavy atom. The molecule has 0 spiro atoms. The first-order chi connectivity index (χ1) is 7.38. The van der Waals surface area contributed by atoms with Crippen LogP contribution in [-0.2, 0) is 0 Å². The van der Waals surface area contributed by atoms with Gasteiger partial charge < -0.3 is 5.32 Å². The fourth-order valence-corrected chi connectivity index (χ4v) is 2.24. The first-order valence-electron chi connectivity index (χ1n) is 5.90. The van der Waals surface area contributed by atoms with E-state index in [-0.39, 0.29) is 0 Å². The van der Waals surface area contributed by atoms with Crippen molar-refractivity contribution in [2.45, 2.75) is 38.9 Å². The molecule has 0 saturated carbocycles. The van der Waals surface area contributed by atoms with Crippen LogP contribution in [0.25, 0.3) is 0 Å². The number of nitrogens with one attached hydrogen (secondary N) is 1. The van der Waals surface area contributed by atoms with Crippen molar-refractivity contribution in [3.05, 3.63) is 0 Å². The molecule has 0 bridgehead atoms. The largest absolute Gasteiger partial charge is 0.401 e. The maximum atomic E-state index is 11.9. The summed E-state index contributed by atoms with van der Waals surface area (Å²) in [6.07, 6.45) is -1.79. The quantitative estimate of drug-likeness (QED) is 0.756. The molecular formula is C11H21F3N2. The van der Waals surface area contributed by atoms with E-state index < -0.39 is 12.7 Å². The molecule has 2 nitrogen and oxygen atoms in total. The van der Waals surface area contributed by atoms with Gasteiger partial charge in [-0.3, -0.25) is 4.90 Å². The number of hydrogen-bond donors (Lipinski definition) is 1. The molecule has 1 aliphatic rings. The summed E-state index contributed by atoms with van der Waals surface area (Å²) in [5.74, 6) is 0.745. The first kappa shape index (κ1) is 13.8. The Morgan fingerprint density at radius 2 is 2.00 bits per heavy atom. The highest BCUT2D eigenvalue weighted by molar-refractivity contribution is 4.77. The lowest BCUT2D eigenvalue weighted by atomic mass is 9.93. The maximum absolute atomic E-state index is 11.9. The predicted octanol–water partition coefficient (Wildman–Crippen LogP) is 2.26. The van der Waals surface area contributed by atoms with Gasteiger partial charge in [-0.15, -0.1) is 0 Å². The molecule has 0 radical (unpaired) electrons. The van der Waals surface area contributed by atoms with E-state index >= 15 is 0 Å². The summed E-state index contributed by atoms with van der Waals surface area (Å²) in [4.78, 5) is 2.27. The topological polar surface area (TPSA) is 15.3 Å². The van der Waals surface area contributed by atoms with E-state index in [0.717, 1.165) is 25.3 Å². The average molecular weight is 238 g/mol. The van der Waals surface area contributed by atoms with Crippen LogP contribution in [-0.4, -0.2) is 43.3 Å². The first-order valence-corrected chi connectivity index (χ1v) is 5.90. The molecule has 1 N–H and O–H groups in total. The molecule has 1 saturated heterocycles. The summed E-state index contributed by atoms with van der Waals surface area (Å²) in [6, 6.07) is 0.497. The molecule has 2 unspecified atom stereocenters. The van der Waals surface area contributed by atoms with Crippen LogP contribution in [0.1, 0.15) is 26.7 Å². The number of hydrogen-bond acceptors (Lipinski definition) is 2. The van der Waals surface area contributed by atoms with Crippen molar-refractivity contribution in [1.29, 1.82) is 0 Å². The van der Waals surface area contributed by atoms with Crippen molar-refractivity contribution in [1.82, 2.24) is 10.2 Å². The Morgan fingerprint density at radius 3 is 2.56 bits per heavy atom. The monoisotopic (exact) mass is 238 g/mol. The summed E-state index contributed by atoms with van der Waals surface area (Å²) >= 11 is 0. The third kappa shape index (κ3) is 5.16. The Hall–Kier alpha value is -0.290. The number of nitrogens with zero attached hydrogens (tertiary/aromatic N) is 1. The minimum atomic E-state index is -4.10. The summed E-state index contributed by atoms with van der Waals surface area (Å²) in [6.45, 7) is 5.64. The normalized spacial score (nSPS) is 28.3. The number of halogens is 3. The van der Waals surface area contributed by atoms with Crippen LogP contribution in [0.4, 0.5) is 13.2 Å². The van der Waals surface area contributed by atoms with Crippen LogP contribution in [0.3, 0.4) is 0 Å². The number of rotatable bonds is 4. The molecule has 16 heavy (non-hydrogen) atoms. The molecular weight excluding hydrogens is 217 g/mol. The number of piperidine rings is 1. The molecule has 1 aliphatic heterocycles. The van der Waals surface area contributed by atoms with Crippen molar-refractivity contribution < 1.29 is 13.2 Å². The van der Waals surface area contributed by atoms with E-state index in [4.69, 9.17) is 0 Å². The third-order valence-electron chi connectivity index (χ3n) is 3.18. The third-order valence-corrected chi connectivity index (χ3v) is 3.18. The van der Waals surface area contributed by atoms with Gasteiger partial charge >= 0.3 is 6.18 Å². The van der Waals surface area contributed by atoms with Gasteiger partial charge in [-0.1, -0.05) is 6.92 Å². The van der Waals surface area contributed by atoms with E-state index in [2.05, 4.69) is 24.1 Å². The lowest BCUT2D eigenvalue weighted by Gasteiger charge is -2.36. The van der Waals surface area contributed by atoms with Gasteiger partial charge in [0, 0.05) is 19.1 Å². The van der Waals surface area contributed by atoms with Gasteiger partial charge in [-0.05, 0) is 32.2 Å². The van der Waals surface area contributed by atoms with Crippen molar-refractivity contribution >= 4 is 0 Å². The Labute approximate surface area is 95.2 Å². The Balaban J connectivity index is 2.13. The molecule has 0 aliphatic carbocycles. The van der Waals surface area contributed by atoms with Crippen LogP contribution in [0.2, 0.25) is 0 Å². The van der Waals surface area contributed by atoms with Crippen LogP contribution < -0.4 is 5.32 Å². The van der Waals surface area contributed by atoms with Gasteiger partial charge in [0.25, 0.3) is 0 Å². The molecule has 1 rings (SSSR count). The van der Waals surface area contributed by atoms with E-state index in [1.54, 1.807) is 0 Å². The van der Waals surface area contributed by atoms with Crippen LogP contribution in [0.5, 0.6) is 0 Å². The highest BCUT2D eigenvalue weighted by atomic mass is 19.4. The fraction of sp³-hybridized carbons (Fsp3) is 1.00. The van der Waals surface area contributed by atoms with E-state index in [0.29, 0.717) is 19.1 Å². The summed E-state index contributed by atoms with van der Waals surface area (Å²) < 4.78 is 35.6. The molecule has 0 aromatic heterocycles. The zero-order valence-corrected chi connectivity index (χ0v) is 9.98. The lowest BCUT2D eigenvalue weighted by molar-refractivity contribution is -0.124. The van der Waals surface area contributed by atoms with Gasteiger partial charge in [-0.2, -0.15) is 13.2 Å². The maximum Gasteiger partial charge on any atom is 0.401 e. The zero-order valence-electron chi connectivity index (χ0n) is 9.98. The van der Waals surface area contributed by atoms with E-state index in [9.17, 15) is 13.2 Å². The van der Waals surface area contributed by atoms with Gasteiger partial charge in [0.05, 0.1) is 6.54 Å². The fourth-order valence-electron chi connectivity index (χ4n) is 2.24. The van der Waals surface area contributed by atoms with Crippen LogP contribution in [0.15, 0.2) is 0 Å². The second-order valence-electron chi connectivity index (χ2n) is 4.81. The number of alkyl halides is 3. The van der Waals surface area contributed by atoms with Gasteiger partial charge in [0.2, 0.25) is 0 Å². The van der Waals surface area contributed by atoms with E-state index in [1.807, 2.05) is 0 Å². The van der Waals surface area contributed by atoms with Gasteiger partial charge in [0.1, 0.15) is 0 Å². The SMILES string of the molecule is CC1CCN(CCNCC(F)(F)F)C(C)C1. The number of likely N-dealkylation sites (tertiary alicyclic amines) is 1. The lowest BCUT2D eigenvalue weighted by Crippen LogP contribution is -2.44.